The van der Waals surface area contributed by atoms with Crippen LogP contribution in [0.5, 0.6) is 0 Å². The Bertz CT molecular complexity index is 635. The van der Waals surface area contributed by atoms with Crippen LogP contribution in [0.4, 0.5) is 0 Å². The van der Waals surface area contributed by atoms with E-state index >= 15 is 0 Å². The third-order valence-electron chi connectivity index (χ3n) is 2.84. The Hall–Kier alpha value is -1.35. The molecule has 0 saturated heterocycles. The fourth-order valence-electron chi connectivity index (χ4n) is 1.81. The third kappa shape index (κ3) is 4.85. The van der Waals surface area contributed by atoms with E-state index in [4.69, 9.17) is 0 Å². The molecule has 0 saturated carbocycles. The lowest BCUT2D eigenvalue weighted by Gasteiger charge is -2.07. The second-order valence-corrected chi connectivity index (χ2v) is 6.51. The van der Waals surface area contributed by atoms with Crippen LogP contribution in [0.3, 0.4) is 0 Å². The Morgan fingerprint density at radius 3 is 2.86 bits per heavy atom. The van der Waals surface area contributed by atoms with E-state index < -0.39 is 0 Å². The van der Waals surface area contributed by atoms with Crippen molar-refractivity contribution >= 4 is 27.7 Å². The standard InChI is InChI=1S/C16H16BrN3S/c1-2-7-19-10-12-3-5-15(13(8-12)9-18)21-16-6-4-14(17)11-20-16/h3-6,8,11,19H,2,7,10H2,1H3. The fourth-order valence-corrected chi connectivity index (χ4v) is 2.86. The van der Waals surface area contributed by atoms with Crippen LogP contribution >= 0.6 is 27.7 Å². The molecule has 5 heteroatoms. The summed E-state index contributed by atoms with van der Waals surface area (Å²) in [4.78, 5) is 5.26. The highest BCUT2D eigenvalue weighted by atomic mass is 79.9. The highest BCUT2D eigenvalue weighted by Crippen LogP contribution is 2.30. The molecule has 0 fully saturated rings. The van der Waals surface area contributed by atoms with Crippen molar-refractivity contribution in [2.75, 3.05) is 6.54 Å². The van der Waals surface area contributed by atoms with Crippen LogP contribution in [-0.2, 0) is 6.54 Å². The lowest BCUT2D eigenvalue weighted by Crippen LogP contribution is -2.13. The Kier molecular flexibility index (Phi) is 6.24. The highest BCUT2D eigenvalue weighted by molar-refractivity contribution is 9.10. The summed E-state index contributed by atoms with van der Waals surface area (Å²) >= 11 is 4.88. The molecule has 2 rings (SSSR count). The van der Waals surface area contributed by atoms with Crippen LogP contribution in [0.15, 0.2) is 50.9 Å². The molecule has 0 amide bonds. The number of pyridine rings is 1. The summed E-state index contributed by atoms with van der Waals surface area (Å²) in [5.41, 5.74) is 1.83. The summed E-state index contributed by atoms with van der Waals surface area (Å²) in [5.74, 6) is 0. The maximum atomic E-state index is 9.32. The minimum atomic E-state index is 0.695. The predicted octanol–water partition coefficient (Wildman–Crippen LogP) is 4.37. The van der Waals surface area contributed by atoms with Gasteiger partial charge in [-0.05, 0) is 58.7 Å². The molecule has 2 aromatic rings. The number of nitriles is 1. The van der Waals surface area contributed by atoms with Gasteiger partial charge in [-0.1, -0.05) is 24.8 Å². The minimum Gasteiger partial charge on any atom is -0.313 e. The molecule has 0 spiro atoms. The van der Waals surface area contributed by atoms with Crippen LogP contribution in [0, 0.1) is 11.3 Å². The molecule has 0 atom stereocenters. The van der Waals surface area contributed by atoms with Gasteiger partial charge in [0.05, 0.1) is 5.56 Å². The van der Waals surface area contributed by atoms with Crippen molar-refractivity contribution in [3.63, 3.8) is 0 Å². The summed E-state index contributed by atoms with van der Waals surface area (Å²) in [5, 5.41) is 13.6. The predicted molar refractivity (Wildman–Crippen MR) is 89.2 cm³/mol. The first-order valence-electron chi connectivity index (χ1n) is 6.76. The molecular formula is C16H16BrN3S. The zero-order chi connectivity index (χ0) is 15.1. The molecule has 0 unspecified atom stereocenters. The van der Waals surface area contributed by atoms with Gasteiger partial charge in [-0.15, -0.1) is 0 Å². The average molecular weight is 362 g/mol. The lowest BCUT2D eigenvalue weighted by molar-refractivity contribution is 0.675. The van der Waals surface area contributed by atoms with Gasteiger partial charge in [-0.3, -0.25) is 0 Å². The summed E-state index contributed by atoms with van der Waals surface area (Å²) < 4.78 is 0.949. The molecule has 108 valence electrons. The largest absolute Gasteiger partial charge is 0.313 e. The van der Waals surface area contributed by atoms with E-state index in [0.29, 0.717) is 5.56 Å². The summed E-state index contributed by atoms with van der Waals surface area (Å²) in [6.07, 6.45) is 2.87. The van der Waals surface area contributed by atoms with Crippen molar-refractivity contribution in [1.29, 1.82) is 5.26 Å². The van der Waals surface area contributed by atoms with Gasteiger partial charge in [0.2, 0.25) is 0 Å². The maximum Gasteiger partial charge on any atom is 0.101 e. The second kappa shape index (κ2) is 8.18. The van der Waals surface area contributed by atoms with Crippen molar-refractivity contribution in [1.82, 2.24) is 10.3 Å². The fraction of sp³-hybridized carbons (Fsp3) is 0.250. The Morgan fingerprint density at radius 2 is 2.19 bits per heavy atom. The molecule has 0 radical (unpaired) electrons. The summed E-state index contributed by atoms with van der Waals surface area (Å²) in [6.45, 7) is 3.92. The van der Waals surface area contributed by atoms with Gasteiger partial charge in [-0.2, -0.15) is 5.26 Å². The maximum absolute atomic E-state index is 9.32. The normalized spacial score (nSPS) is 10.3. The molecule has 0 aliphatic heterocycles. The van der Waals surface area contributed by atoms with Gasteiger partial charge >= 0.3 is 0 Å². The van der Waals surface area contributed by atoms with E-state index in [2.05, 4.69) is 45.3 Å². The van der Waals surface area contributed by atoms with E-state index in [1.807, 2.05) is 24.3 Å². The second-order valence-electron chi connectivity index (χ2n) is 4.54. The molecule has 1 heterocycles. The van der Waals surface area contributed by atoms with Gasteiger partial charge in [-0.25, -0.2) is 4.98 Å². The number of aromatic nitrogens is 1. The molecular weight excluding hydrogens is 346 g/mol. The van der Waals surface area contributed by atoms with Crippen molar-refractivity contribution < 1.29 is 0 Å². The zero-order valence-electron chi connectivity index (χ0n) is 11.8. The quantitative estimate of drug-likeness (QED) is 0.776. The van der Waals surface area contributed by atoms with Gasteiger partial charge in [0.15, 0.2) is 0 Å². The van der Waals surface area contributed by atoms with Crippen molar-refractivity contribution in [2.45, 2.75) is 29.8 Å². The zero-order valence-corrected chi connectivity index (χ0v) is 14.2. The van der Waals surface area contributed by atoms with Gasteiger partial charge < -0.3 is 5.32 Å². The topological polar surface area (TPSA) is 48.7 Å². The van der Waals surface area contributed by atoms with E-state index in [-0.39, 0.29) is 0 Å². The lowest BCUT2D eigenvalue weighted by atomic mass is 10.1. The van der Waals surface area contributed by atoms with Gasteiger partial charge in [0.25, 0.3) is 0 Å². The smallest absolute Gasteiger partial charge is 0.101 e. The third-order valence-corrected chi connectivity index (χ3v) is 4.33. The van der Waals surface area contributed by atoms with E-state index in [9.17, 15) is 5.26 Å². The van der Waals surface area contributed by atoms with Crippen LogP contribution in [0.1, 0.15) is 24.5 Å². The van der Waals surface area contributed by atoms with Crippen LogP contribution in [0.2, 0.25) is 0 Å². The number of hydrogen-bond donors (Lipinski definition) is 1. The number of halogens is 1. The van der Waals surface area contributed by atoms with Crippen molar-refractivity contribution in [2.24, 2.45) is 0 Å². The molecule has 1 aromatic heterocycles. The van der Waals surface area contributed by atoms with Gasteiger partial charge in [0, 0.05) is 22.1 Å². The number of rotatable bonds is 6. The molecule has 0 bridgehead atoms. The van der Waals surface area contributed by atoms with E-state index in [1.165, 1.54) is 11.8 Å². The first kappa shape index (κ1) is 16.0. The van der Waals surface area contributed by atoms with Crippen LogP contribution < -0.4 is 5.32 Å². The van der Waals surface area contributed by atoms with E-state index in [0.717, 1.165) is 39.5 Å². The monoisotopic (exact) mass is 361 g/mol. The molecule has 1 N–H and O–H groups in total. The van der Waals surface area contributed by atoms with Crippen molar-refractivity contribution in [3.05, 3.63) is 52.1 Å². The van der Waals surface area contributed by atoms with Crippen LogP contribution in [-0.4, -0.2) is 11.5 Å². The first-order chi connectivity index (χ1) is 10.2. The van der Waals surface area contributed by atoms with Crippen LogP contribution in [0.25, 0.3) is 0 Å². The molecule has 3 nitrogen and oxygen atoms in total. The van der Waals surface area contributed by atoms with Crippen molar-refractivity contribution in [3.8, 4) is 6.07 Å². The Balaban J connectivity index is 2.12. The highest BCUT2D eigenvalue weighted by Gasteiger charge is 2.06. The molecule has 1 aromatic carbocycles. The number of hydrogen-bond acceptors (Lipinski definition) is 4. The average Bonchev–Trinajstić information content (AvgIpc) is 2.51. The number of nitrogens with one attached hydrogen (secondary N) is 1. The molecule has 0 aliphatic carbocycles. The SMILES string of the molecule is CCCNCc1ccc(Sc2ccc(Br)cn2)c(C#N)c1. The Morgan fingerprint density at radius 1 is 1.33 bits per heavy atom. The molecule has 0 aliphatic rings. The minimum absolute atomic E-state index is 0.695. The Labute approximate surface area is 137 Å². The number of nitrogens with zero attached hydrogens (tertiary/aromatic N) is 2. The van der Waals surface area contributed by atoms with Gasteiger partial charge in [0.1, 0.15) is 11.1 Å². The summed E-state index contributed by atoms with van der Waals surface area (Å²) in [7, 11) is 0. The van der Waals surface area contributed by atoms with E-state index in [1.54, 1.807) is 6.20 Å². The summed E-state index contributed by atoms with van der Waals surface area (Å²) in [6, 6.07) is 12.2. The molecule has 21 heavy (non-hydrogen) atoms. The number of benzene rings is 1. The first-order valence-corrected chi connectivity index (χ1v) is 8.37.